The van der Waals surface area contributed by atoms with Crippen LogP contribution in [0.4, 0.5) is 0 Å². The molecular formula is C14H15N. The van der Waals surface area contributed by atoms with Crippen molar-refractivity contribution in [2.75, 3.05) is 6.54 Å². The quantitative estimate of drug-likeness (QED) is 0.731. The second-order valence-corrected chi connectivity index (χ2v) is 3.18. The van der Waals surface area contributed by atoms with Gasteiger partial charge in [0.05, 0.1) is 12.6 Å². The molecule has 0 bridgehead atoms. The molecule has 0 amide bonds. The highest BCUT2D eigenvalue weighted by atomic mass is 14.9. The van der Waals surface area contributed by atoms with Gasteiger partial charge >= 0.3 is 0 Å². The first-order valence-corrected chi connectivity index (χ1v) is 5.10. The molecule has 0 fully saturated rings. The topological polar surface area (TPSA) is 12.0 Å². The lowest BCUT2D eigenvalue weighted by Gasteiger charge is -2.05. The van der Waals surface area contributed by atoms with Crippen LogP contribution in [0.5, 0.6) is 0 Å². The van der Waals surface area contributed by atoms with E-state index in [2.05, 4.69) is 30.0 Å². The Morgan fingerprint density at radius 3 is 2.67 bits per heavy atom. The van der Waals surface area contributed by atoms with E-state index in [9.17, 15) is 0 Å². The van der Waals surface area contributed by atoms with Crippen molar-refractivity contribution < 1.29 is 0 Å². The Hall–Kier alpha value is -1.70. The van der Waals surface area contributed by atoms with Crippen LogP contribution in [-0.4, -0.2) is 12.6 Å². The molecule has 0 aliphatic carbocycles. The Labute approximate surface area is 91.9 Å². The van der Waals surface area contributed by atoms with Gasteiger partial charge in [0.25, 0.3) is 0 Å². The molecule has 0 saturated heterocycles. The number of terminal acetylenes is 1. The van der Waals surface area contributed by atoms with Gasteiger partial charge in [-0.05, 0) is 18.6 Å². The van der Waals surface area contributed by atoms with E-state index in [0.717, 1.165) is 12.0 Å². The molecule has 1 unspecified atom stereocenters. The third-order valence-electron chi connectivity index (χ3n) is 2.05. The summed E-state index contributed by atoms with van der Waals surface area (Å²) in [4.78, 5) is 0. The predicted octanol–water partition coefficient (Wildman–Crippen LogP) is 2.04. The molecule has 1 N–H and O–H groups in total. The van der Waals surface area contributed by atoms with Crippen LogP contribution < -0.4 is 5.32 Å². The highest BCUT2D eigenvalue weighted by molar-refractivity contribution is 5.33. The number of rotatable bonds is 3. The standard InChI is InChI=1S/C14H15N/c1-3-14(4-2)15-12-8-11-13-9-6-5-7-10-13/h1,5-7,9-10,14-15H,4,12H2,2H3. The lowest BCUT2D eigenvalue weighted by atomic mass is 10.2. The Morgan fingerprint density at radius 1 is 1.33 bits per heavy atom. The Balaban J connectivity index is 2.38. The average Bonchev–Trinajstić information content (AvgIpc) is 2.31. The zero-order valence-corrected chi connectivity index (χ0v) is 8.96. The fourth-order valence-electron chi connectivity index (χ4n) is 1.16. The summed E-state index contributed by atoms with van der Waals surface area (Å²) < 4.78 is 0. The van der Waals surface area contributed by atoms with Gasteiger partial charge in [-0.3, -0.25) is 5.32 Å². The summed E-state index contributed by atoms with van der Waals surface area (Å²) in [6.07, 6.45) is 6.25. The van der Waals surface area contributed by atoms with Crippen molar-refractivity contribution in [2.24, 2.45) is 0 Å². The van der Waals surface area contributed by atoms with Crippen LogP contribution in [-0.2, 0) is 0 Å². The summed E-state index contributed by atoms with van der Waals surface area (Å²) in [6, 6.07) is 10.1. The molecule has 0 radical (unpaired) electrons. The second kappa shape index (κ2) is 6.71. The molecule has 15 heavy (non-hydrogen) atoms. The number of hydrogen-bond donors (Lipinski definition) is 1. The maximum atomic E-state index is 5.32. The van der Waals surface area contributed by atoms with Gasteiger partial charge in [-0.2, -0.15) is 0 Å². The van der Waals surface area contributed by atoms with Crippen molar-refractivity contribution in [2.45, 2.75) is 19.4 Å². The molecule has 0 heterocycles. The molecule has 1 atom stereocenters. The molecule has 1 heteroatoms. The summed E-state index contributed by atoms with van der Waals surface area (Å²) in [6.45, 7) is 2.69. The maximum absolute atomic E-state index is 5.32. The van der Waals surface area contributed by atoms with Crippen molar-refractivity contribution in [3.05, 3.63) is 35.9 Å². The van der Waals surface area contributed by atoms with Crippen molar-refractivity contribution in [1.82, 2.24) is 5.32 Å². The van der Waals surface area contributed by atoms with Crippen LogP contribution >= 0.6 is 0 Å². The molecule has 0 aliphatic heterocycles. The molecule has 0 saturated carbocycles. The van der Waals surface area contributed by atoms with E-state index in [1.54, 1.807) is 0 Å². The highest BCUT2D eigenvalue weighted by Crippen LogP contribution is 1.94. The first kappa shape index (κ1) is 11.4. The Kier molecular flexibility index (Phi) is 5.09. The summed E-state index contributed by atoms with van der Waals surface area (Å²) >= 11 is 0. The van der Waals surface area contributed by atoms with Crippen molar-refractivity contribution in [3.63, 3.8) is 0 Å². The van der Waals surface area contributed by atoms with Gasteiger partial charge in [0.2, 0.25) is 0 Å². The Bertz CT molecular complexity index is 375. The first-order valence-electron chi connectivity index (χ1n) is 5.10. The minimum absolute atomic E-state index is 0.134. The first-order chi connectivity index (χ1) is 7.36. The normalized spacial score (nSPS) is 10.9. The highest BCUT2D eigenvalue weighted by Gasteiger charge is 1.96. The van der Waals surface area contributed by atoms with E-state index in [0.29, 0.717) is 6.54 Å². The fraction of sp³-hybridized carbons (Fsp3) is 0.286. The van der Waals surface area contributed by atoms with Crippen LogP contribution in [0, 0.1) is 24.2 Å². The van der Waals surface area contributed by atoms with E-state index in [1.807, 2.05) is 30.3 Å². The monoisotopic (exact) mass is 197 g/mol. The minimum atomic E-state index is 0.134. The molecule has 0 aromatic heterocycles. The Morgan fingerprint density at radius 2 is 2.07 bits per heavy atom. The third-order valence-corrected chi connectivity index (χ3v) is 2.05. The number of hydrogen-bond acceptors (Lipinski definition) is 1. The van der Waals surface area contributed by atoms with Gasteiger partial charge in [0.15, 0.2) is 0 Å². The number of nitrogens with one attached hydrogen (secondary N) is 1. The van der Waals surface area contributed by atoms with E-state index in [1.165, 1.54) is 0 Å². The van der Waals surface area contributed by atoms with Crippen molar-refractivity contribution >= 4 is 0 Å². The van der Waals surface area contributed by atoms with Gasteiger partial charge in [-0.15, -0.1) is 6.42 Å². The average molecular weight is 197 g/mol. The summed E-state index contributed by atoms with van der Waals surface area (Å²) in [5.41, 5.74) is 1.04. The van der Waals surface area contributed by atoms with Crippen LogP contribution in [0.15, 0.2) is 30.3 Å². The van der Waals surface area contributed by atoms with Crippen LogP contribution in [0.3, 0.4) is 0 Å². The van der Waals surface area contributed by atoms with Crippen LogP contribution in [0.2, 0.25) is 0 Å². The van der Waals surface area contributed by atoms with E-state index >= 15 is 0 Å². The lowest BCUT2D eigenvalue weighted by molar-refractivity contribution is 0.639. The zero-order chi connectivity index (χ0) is 10.9. The van der Waals surface area contributed by atoms with Gasteiger partial charge in [-0.1, -0.05) is 42.9 Å². The molecular weight excluding hydrogens is 182 g/mol. The summed E-state index contributed by atoms with van der Waals surface area (Å²) in [5, 5.41) is 3.18. The van der Waals surface area contributed by atoms with Crippen LogP contribution in [0.25, 0.3) is 0 Å². The smallest absolute Gasteiger partial charge is 0.0691 e. The molecule has 1 rings (SSSR count). The van der Waals surface area contributed by atoms with Crippen molar-refractivity contribution in [3.8, 4) is 24.2 Å². The molecule has 76 valence electrons. The maximum Gasteiger partial charge on any atom is 0.0691 e. The summed E-state index contributed by atoms with van der Waals surface area (Å²) in [5.74, 6) is 8.78. The fourth-order valence-corrected chi connectivity index (χ4v) is 1.16. The molecule has 1 nitrogen and oxygen atoms in total. The third kappa shape index (κ3) is 4.36. The minimum Gasteiger partial charge on any atom is -0.293 e. The molecule has 1 aromatic rings. The predicted molar refractivity (Wildman–Crippen MR) is 64.2 cm³/mol. The van der Waals surface area contributed by atoms with Gasteiger partial charge in [0.1, 0.15) is 0 Å². The van der Waals surface area contributed by atoms with E-state index in [-0.39, 0.29) is 6.04 Å². The van der Waals surface area contributed by atoms with Gasteiger partial charge < -0.3 is 0 Å². The molecule has 0 aliphatic rings. The van der Waals surface area contributed by atoms with E-state index < -0.39 is 0 Å². The molecule has 0 spiro atoms. The number of benzene rings is 1. The largest absolute Gasteiger partial charge is 0.293 e. The van der Waals surface area contributed by atoms with Gasteiger partial charge in [0, 0.05) is 5.56 Å². The summed E-state index contributed by atoms with van der Waals surface area (Å²) in [7, 11) is 0. The lowest BCUT2D eigenvalue weighted by Crippen LogP contribution is -2.26. The van der Waals surface area contributed by atoms with Gasteiger partial charge in [-0.25, -0.2) is 0 Å². The second-order valence-electron chi connectivity index (χ2n) is 3.18. The zero-order valence-electron chi connectivity index (χ0n) is 8.96. The van der Waals surface area contributed by atoms with E-state index in [4.69, 9.17) is 6.42 Å². The molecule has 1 aromatic carbocycles. The van der Waals surface area contributed by atoms with Crippen LogP contribution in [0.1, 0.15) is 18.9 Å². The SMILES string of the molecule is C#CC(CC)NCC#Cc1ccccc1. The van der Waals surface area contributed by atoms with Crippen molar-refractivity contribution in [1.29, 1.82) is 0 Å².